The van der Waals surface area contributed by atoms with Crippen molar-refractivity contribution in [2.24, 2.45) is 0 Å². The molecule has 0 aromatic heterocycles. The van der Waals surface area contributed by atoms with Crippen molar-refractivity contribution in [3.05, 3.63) is 35.9 Å². The van der Waals surface area contributed by atoms with E-state index in [-0.39, 0.29) is 5.92 Å². The average molecular weight is 307 g/mol. The Morgan fingerprint density at radius 1 is 1.00 bits per heavy atom. The maximum Gasteiger partial charge on any atom is 0.500 e. The molecule has 5 heteroatoms. The van der Waals surface area contributed by atoms with E-state index in [1.807, 2.05) is 51.1 Å². The van der Waals surface area contributed by atoms with E-state index in [1.54, 1.807) is 0 Å². The van der Waals surface area contributed by atoms with Crippen LogP contribution in [0, 0.1) is 11.3 Å². The van der Waals surface area contributed by atoms with E-state index in [2.05, 4.69) is 6.07 Å². The lowest BCUT2D eigenvalue weighted by atomic mass is 9.98. The highest BCUT2D eigenvalue weighted by atomic mass is 28.4. The Morgan fingerprint density at radius 2 is 1.52 bits per heavy atom. The molecular formula is C16H25NO3Si. The van der Waals surface area contributed by atoms with E-state index in [9.17, 15) is 5.26 Å². The predicted molar refractivity (Wildman–Crippen MR) is 84.9 cm³/mol. The smallest absolute Gasteiger partial charge is 0.374 e. The summed E-state index contributed by atoms with van der Waals surface area (Å²) in [5.74, 6) is -0.153. The lowest BCUT2D eigenvalue weighted by Gasteiger charge is -2.29. The summed E-state index contributed by atoms with van der Waals surface area (Å²) in [5, 5.41) is 9.41. The first-order valence-electron chi connectivity index (χ1n) is 7.57. The van der Waals surface area contributed by atoms with Gasteiger partial charge in [-0.2, -0.15) is 5.26 Å². The highest BCUT2D eigenvalue weighted by Crippen LogP contribution is 2.26. The first kappa shape index (κ1) is 17.9. The molecule has 1 aromatic rings. The van der Waals surface area contributed by atoms with Crippen molar-refractivity contribution in [3.63, 3.8) is 0 Å². The Balaban J connectivity index is 2.76. The van der Waals surface area contributed by atoms with Gasteiger partial charge in [0.2, 0.25) is 0 Å². The first-order valence-corrected chi connectivity index (χ1v) is 9.51. The van der Waals surface area contributed by atoms with E-state index in [0.29, 0.717) is 32.3 Å². The molecule has 0 fully saturated rings. The summed E-state index contributed by atoms with van der Waals surface area (Å²) in [6.07, 6.45) is 0.687. The second kappa shape index (κ2) is 9.69. The minimum Gasteiger partial charge on any atom is -0.374 e. The first-order chi connectivity index (χ1) is 10.2. The Hall–Kier alpha value is -1.19. The van der Waals surface area contributed by atoms with Crippen LogP contribution in [0.4, 0.5) is 0 Å². The molecule has 0 amide bonds. The van der Waals surface area contributed by atoms with E-state index in [1.165, 1.54) is 0 Å². The molecule has 0 N–H and O–H groups in total. The number of nitrogens with zero attached hydrogens (tertiary/aromatic N) is 1. The molecule has 0 aliphatic heterocycles. The van der Waals surface area contributed by atoms with Crippen LogP contribution in [-0.2, 0) is 13.3 Å². The summed E-state index contributed by atoms with van der Waals surface area (Å²) in [6.45, 7) is 7.52. The van der Waals surface area contributed by atoms with Crippen molar-refractivity contribution in [2.45, 2.75) is 39.2 Å². The van der Waals surface area contributed by atoms with Gasteiger partial charge in [-0.25, -0.2) is 0 Å². The van der Waals surface area contributed by atoms with Crippen LogP contribution >= 0.6 is 0 Å². The number of benzene rings is 1. The van der Waals surface area contributed by atoms with Gasteiger partial charge in [-0.1, -0.05) is 30.3 Å². The molecule has 0 radical (unpaired) electrons. The maximum atomic E-state index is 9.41. The van der Waals surface area contributed by atoms with Crippen LogP contribution in [0.1, 0.15) is 38.7 Å². The van der Waals surface area contributed by atoms with E-state index in [4.69, 9.17) is 13.3 Å². The Bertz CT molecular complexity index is 416. The van der Waals surface area contributed by atoms with E-state index >= 15 is 0 Å². The standard InChI is InChI=1S/C16H25NO3Si/c1-4-18-21(19-5-2,20-6-3)13-12-16(14-17)15-10-8-7-9-11-15/h7-11,16H,4-6,12-13H2,1-3H3. The largest absolute Gasteiger partial charge is 0.500 e. The van der Waals surface area contributed by atoms with Crippen LogP contribution in [0.3, 0.4) is 0 Å². The third kappa shape index (κ3) is 5.60. The van der Waals surface area contributed by atoms with Crippen LogP contribution in [-0.4, -0.2) is 28.6 Å². The van der Waals surface area contributed by atoms with Crippen LogP contribution in [0.5, 0.6) is 0 Å². The van der Waals surface area contributed by atoms with E-state index < -0.39 is 8.80 Å². The van der Waals surface area contributed by atoms with Crippen LogP contribution < -0.4 is 0 Å². The van der Waals surface area contributed by atoms with Crippen molar-refractivity contribution in [1.29, 1.82) is 5.26 Å². The highest BCUT2D eigenvalue weighted by molar-refractivity contribution is 6.60. The summed E-state index contributed by atoms with van der Waals surface area (Å²) in [6, 6.07) is 12.9. The van der Waals surface area contributed by atoms with Crippen molar-refractivity contribution < 1.29 is 13.3 Å². The molecule has 0 bridgehead atoms. The third-order valence-corrected chi connectivity index (χ3v) is 6.28. The second-order valence-electron chi connectivity index (χ2n) is 4.61. The number of rotatable bonds is 10. The zero-order chi connectivity index (χ0) is 15.6. The van der Waals surface area contributed by atoms with Gasteiger partial charge in [-0.15, -0.1) is 0 Å². The number of nitriles is 1. The molecule has 1 unspecified atom stereocenters. The van der Waals surface area contributed by atoms with Crippen LogP contribution in [0.2, 0.25) is 6.04 Å². The number of hydrogen-bond acceptors (Lipinski definition) is 4. The van der Waals surface area contributed by atoms with Crippen molar-refractivity contribution in [2.75, 3.05) is 19.8 Å². The highest BCUT2D eigenvalue weighted by Gasteiger charge is 2.40. The fraction of sp³-hybridized carbons (Fsp3) is 0.562. The summed E-state index contributed by atoms with van der Waals surface area (Å²) < 4.78 is 17.5. The van der Waals surface area contributed by atoms with Gasteiger partial charge < -0.3 is 13.3 Å². The van der Waals surface area contributed by atoms with Crippen molar-refractivity contribution >= 4 is 8.80 Å². The summed E-state index contributed by atoms with van der Waals surface area (Å²) in [5.41, 5.74) is 1.03. The molecule has 0 spiro atoms. The van der Waals surface area contributed by atoms with Gasteiger partial charge in [0.25, 0.3) is 0 Å². The Morgan fingerprint density at radius 3 is 1.95 bits per heavy atom. The van der Waals surface area contributed by atoms with Gasteiger partial charge in [0.05, 0.1) is 12.0 Å². The van der Waals surface area contributed by atoms with Crippen LogP contribution in [0.15, 0.2) is 30.3 Å². The van der Waals surface area contributed by atoms with Crippen LogP contribution in [0.25, 0.3) is 0 Å². The molecule has 1 aromatic carbocycles. The van der Waals surface area contributed by atoms with Gasteiger partial charge in [-0.3, -0.25) is 0 Å². The Kier molecular flexibility index (Phi) is 8.24. The van der Waals surface area contributed by atoms with Gasteiger partial charge in [0, 0.05) is 25.9 Å². The zero-order valence-corrected chi connectivity index (χ0v) is 14.2. The number of hydrogen-bond donors (Lipinski definition) is 0. The molecule has 0 aliphatic carbocycles. The molecule has 1 atom stereocenters. The van der Waals surface area contributed by atoms with Gasteiger partial charge in [0.15, 0.2) is 0 Å². The second-order valence-corrected chi connectivity index (χ2v) is 7.35. The minimum absolute atomic E-state index is 0.153. The summed E-state index contributed by atoms with van der Waals surface area (Å²) in [7, 11) is -2.66. The topological polar surface area (TPSA) is 51.5 Å². The molecule has 0 heterocycles. The molecule has 0 aliphatic rings. The summed E-state index contributed by atoms with van der Waals surface area (Å²) in [4.78, 5) is 0. The van der Waals surface area contributed by atoms with Crippen molar-refractivity contribution in [1.82, 2.24) is 0 Å². The third-order valence-electron chi connectivity index (χ3n) is 3.19. The lowest BCUT2D eigenvalue weighted by Crippen LogP contribution is -2.46. The molecular weight excluding hydrogens is 282 g/mol. The van der Waals surface area contributed by atoms with E-state index in [0.717, 1.165) is 5.56 Å². The normalized spacial score (nSPS) is 12.9. The molecule has 21 heavy (non-hydrogen) atoms. The van der Waals surface area contributed by atoms with Gasteiger partial charge in [0.1, 0.15) is 0 Å². The monoisotopic (exact) mass is 307 g/mol. The van der Waals surface area contributed by atoms with Crippen molar-refractivity contribution in [3.8, 4) is 6.07 Å². The fourth-order valence-electron chi connectivity index (χ4n) is 2.31. The minimum atomic E-state index is -2.66. The molecule has 0 saturated heterocycles. The SMILES string of the molecule is CCO[Si](CCC(C#N)c1ccccc1)(OCC)OCC. The fourth-order valence-corrected chi connectivity index (χ4v) is 4.96. The molecule has 116 valence electrons. The quantitative estimate of drug-likeness (QED) is 0.618. The molecule has 4 nitrogen and oxygen atoms in total. The van der Waals surface area contributed by atoms with Gasteiger partial charge >= 0.3 is 8.80 Å². The van der Waals surface area contributed by atoms with Gasteiger partial charge in [-0.05, 0) is 32.8 Å². The average Bonchev–Trinajstić information content (AvgIpc) is 2.50. The molecule has 0 saturated carbocycles. The lowest BCUT2D eigenvalue weighted by molar-refractivity contribution is 0.0706. The maximum absolute atomic E-state index is 9.41. The zero-order valence-electron chi connectivity index (χ0n) is 13.2. The predicted octanol–water partition coefficient (Wildman–Crippen LogP) is 3.73. The Labute approximate surface area is 129 Å². The summed E-state index contributed by atoms with van der Waals surface area (Å²) >= 11 is 0. The molecule has 1 rings (SSSR count).